The van der Waals surface area contributed by atoms with Gasteiger partial charge in [-0.2, -0.15) is 0 Å². The van der Waals surface area contributed by atoms with Crippen LogP contribution in [0.25, 0.3) is 11.0 Å². The molecular formula is C15H23FN4. The molecule has 0 unspecified atom stereocenters. The largest absolute Gasteiger partial charge is 0.329 e. The lowest BCUT2D eigenvalue weighted by molar-refractivity contribution is 0.308. The number of hydrogen-bond donors (Lipinski definition) is 1. The minimum Gasteiger partial charge on any atom is -0.329 e. The molecule has 0 aliphatic heterocycles. The lowest BCUT2D eigenvalue weighted by atomic mass is 10.3. The van der Waals surface area contributed by atoms with Gasteiger partial charge in [-0.15, -0.1) is 0 Å². The monoisotopic (exact) mass is 278 g/mol. The second-order valence-electron chi connectivity index (χ2n) is 5.19. The summed E-state index contributed by atoms with van der Waals surface area (Å²) in [5.74, 6) is 0.704. The summed E-state index contributed by atoms with van der Waals surface area (Å²) < 4.78 is 15.4. The van der Waals surface area contributed by atoms with E-state index in [1.54, 1.807) is 6.07 Å². The summed E-state index contributed by atoms with van der Waals surface area (Å²) in [6, 6.07) is 4.74. The first-order valence-electron chi connectivity index (χ1n) is 7.19. The van der Waals surface area contributed by atoms with Crippen LogP contribution in [-0.2, 0) is 13.1 Å². The highest BCUT2D eigenvalue weighted by Gasteiger charge is 2.12. The van der Waals surface area contributed by atoms with Crippen molar-refractivity contribution in [1.82, 2.24) is 14.5 Å². The number of nitrogens with two attached hydrogens (primary N) is 1. The first-order valence-corrected chi connectivity index (χ1v) is 7.19. The average Bonchev–Trinajstić information content (AvgIpc) is 2.74. The Bertz CT molecular complexity index is 564. The number of rotatable bonds is 7. The Balaban J connectivity index is 2.28. The van der Waals surface area contributed by atoms with Crippen LogP contribution in [0.5, 0.6) is 0 Å². The fraction of sp³-hybridized carbons (Fsp3) is 0.533. The number of halogens is 1. The van der Waals surface area contributed by atoms with E-state index in [0.29, 0.717) is 18.6 Å². The van der Waals surface area contributed by atoms with Gasteiger partial charge in [0.1, 0.15) is 11.6 Å². The molecule has 2 aromatic rings. The molecule has 0 fully saturated rings. The molecule has 0 saturated heterocycles. The van der Waals surface area contributed by atoms with E-state index in [1.807, 2.05) is 0 Å². The molecule has 0 bridgehead atoms. The average molecular weight is 278 g/mol. The van der Waals surface area contributed by atoms with E-state index in [-0.39, 0.29) is 5.82 Å². The second-order valence-corrected chi connectivity index (χ2v) is 5.19. The predicted octanol–water partition coefficient (Wildman–Crippen LogP) is 2.37. The van der Waals surface area contributed by atoms with Crippen molar-refractivity contribution in [2.45, 2.75) is 32.9 Å². The number of aromatic nitrogens is 2. The molecule has 110 valence electrons. The number of unbranched alkanes of at least 4 members (excludes halogenated alkanes) is 1. The molecular weight excluding hydrogens is 255 g/mol. The molecule has 0 aliphatic rings. The van der Waals surface area contributed by atoms with Crippen molar-refractivity contribution < 1.29 is 4.39 Å². The molecule has 2 N–H and O–H groups in total. The van der Waals surface area contributed by atoms with Crippen LogP contribution >= 0.6 is 0 Å². The Morgan fingerprint density at radius 2 is 2.20 bits per heavy atom. The molecule has 0 amide bonds. The Morgan fingerprint density at radius 3 is 2.90 bits per heavy atom. The zero-order chi connectivity index (χ0) is 14.5. The van der Waals surface area contributed by atoms with Crippen LogP contribution in [-0.4, -0.2) is 34.6 Å². The number of benzene rings is 1. The molecule has 1 heterocycles. The first kappa shape index (κ1) is 14.9. The lowest BCUT2D eigenvalue weighted by Crippen LogP contribution is -2.22. The van der Waals surface area contributed by atoms with Gasteiger partial charge in [0.2, 0.25) is 0 Å². The molecule has 2 rings (SSSR count). The van der Waals surface area contributed by atoms with E-state index < -0.39 is 0 Å². The van der Waals surface area contributed by atoms with E-state index in [0.717, 1.165) is 24.4 Å². The van der Waals surface area contributed by atoms with Gasteiger partial charge in [-0.1, -0.05) is 13.3 Å². The summed E-state index contributed by atoms with van der Waals surface area (Å²) in [5.41, 5.74) is 7.34. The highest BCUT2D eigenvalue weighted by atomic mass is 19.1. The normalized spacial score (nSPS) is 11.7. The fourth-order valence-electron chi connectivity index (χ4n) is 2.40. The van der Waals surface area contributed by atoms with Crippen LogP contribution in [0.3, 0.4) is 0 Å². The van der Waals surface area contributed by atoms with E-state index in [4.69, 9.17) is 5.73 Å². The van der Waals surface area contributed by atoms with Gasteiger partial charge in [0.15, 0.2) is 0 Å². The summed E-state index contributed by atoms with van der Waals surface area (Å²) >= 11 is 0. The standard InChI is InChI=1S/C15H23FN4/c1-3-4-8-19(2)11-15-18-13-10-12(16)5-6-14(13)20(15)9-7-17/h5-6,10H,3-4,7-9,11,17H2,1-2H3. The smallest absolute Gasteiger partial charge is 0.125 e. The van der Waals surface area contributed by atoms with Gasteiger partial charge in [0, 0.05) is 19.2 Å². The lowest BCUT2D eigenvalue weighted by Gasteiger charge is -2.16. The van der Waals surface area contributed by atoms with Gasteiger partial charge in [-0.05, 0) is 32.1 Å². The zero-order valence-corrected chi connectivity index (χ0v) is 12.3. The number of hydrogen-bond acceptors (Lipinski definition) is 3. The summed E-state index contributed by atoms with van der Waals surface area (Å²) in [7, 11) is 2.09. The number of nitrogens with zero attached hydrogens (tertiary/aromatic N) is 3. The van der Waals surface area contributed by atoms with Gasteiger partial charge >= 0.3 is 0 Å². The maximum Gasteiger partial charge on any atom is 0.125 e. The quantitative estimate of drug-likeness (QED) is 0.846. The first-order chi connectivity index (χ1) is 9.65. The summed E-state index contributed by atoms with van der Waals surface area (Å²) in [5, 5.41) is 0. The molecule has 0 radical (unpaired) electrons. The van der Waals surface area contributed by atoms with Crippen LogP contribution < -0.4 is 5.73 Å². The minimum atomic E-state index is -0.249. The van der Waals surface area contributed by atoms with Gasteiger partial charge in [-0.25, -0.2) is 9.37 Å². The number of fused-ring (bicyclic) bond motifs is 1. The Kier molecular flexibility index (Phi) is 5.09. The molecule has 0 atom stereocenters. The van der Waals surface area contributed by atoms with Gasteiger partial charge in [-0.3, -0.25) is 4.90 Å². The van der Waals surface area contributed by atoms with Gasteiger partial charge in [0.25, 0.3) is 0 Å². The van der Waals surface area contributed by atoms with Crippen LogP contribution in [0.2, 0.25) is 0 Å². The van der Waals surface area contributed by atoms with Crippen molar-refractivity contribution in [2.75, 3.05) is 20.1 Å². The van der Waals surface area contributed by atoms with E-state index >= 15 is 0 Å². The van der Waals surface area contributed by atoms with Crippen molar-refractivity contribution in [1.29, 1.82) is 0 Å². The van der Waals surface area contributed by atoms with Crippen LogP contribution in [0, 0.1) is 5.82 Å². The maximum absolute atomic E-state index is 13.3. The highest BCUT2D eigenvalue weighted by molar-refractivity contribution is 5.76. The van der Waals surface area contributed by atoms with Gasteiger partial charge in [0.05, 0.1) is 17.6 Å². The third-order valence-electron chi connectivity index (χ3n) is 3.45. The van der Waals surface area contributed by atoms with E-state index in [1.165, 1.54) is 25.0 Å². The molecule has 0 aliphatic carbocycles. The third kappa shape index (κ3) is 3.35. The van der Waals surface area contributed by atoms with Crippen LogP contribution in [0.15, 0.2) is 18.2 Å². The van der Waals surface area contributed by atoms with Gasteiger partial charge < -0.3 is 10.3 Å². The zero-order valence-electron chi connectivity index (χ0n) is 12.3. The van der Waals surface area contributed by atoms with Crippen molar-refractivity contribution in [3.63, 3.8) is 0 Å². The number of imidazole rings is 1. The molecule has 1 aromatic heterocycles. The van der Waals surface area contributed by atoms with Crippen molar-refractivity contribution in [3.05, 3.63) is 29.8 Å². The van der Waals surface area contributed by atoms with Crippen LogP contribution in [0.4, 0.5) is 4.39 Å². The van der Waals surface area contributed by atoms with Crippen LogP contribution in [0.1, 0.15) is 25.6 Å². The molecule has 1 aromatic carbocycles. The van der Waals surface area contributed by atoms with Crippen molar-refractivity contribution in [3.8, 4) is 0 Å². The Hall–Kier alpha value is -1.46. The van der Waals surface area contributed by atoms with E-state index in [9.17, 15) is 4.39 Å². The van der Waals surface area contributed by atoms with Crippen molar-refractivity contribution in [2.24, 2.45) is 5.73 Å². The predicted molar refractivity (Wildman–Crippen MR) is 80.0 cm³/mol. The topological polar surface area (TPSA) is 47.1 Å². The molecule has 20 heavy (non-hydrogen) atoms. The fourth-order valence-corrected chi connectivity index (χ4v) is 2.40. The summed E-state index contributed by atoms with van der Waals surface area (Å²) in [6.07, 6.45) is 2.34. The maximum atomic E-state index is 13.3. The third-order valence-corrected chi connectivity index (χ3v) is 3.45. The summed E-state index contributed by atoms with van der Waals surface area (Å²) in [6.45, 7) is 5.24. The highest BCUT2D eigenvalue weighted by Crippen LogP contribution is 2.18. The van der Waals surface area contributed by atoms with Crippen molar-refractivity contribution >= 4 is 11.0 Å². The SMILES string of the molecule is CCCCN(C)Cc1nc2cc(F)ccc2n1CCN. The van der Waals surface area contributed by atoms with E-state index in [2.05, 4.69) is 28.4 Å². The second kappa shape index (κ2) is 6.81. The molecule has 4 nitrogen and oxygen atoms in total. The molecule has 5 heteroatoms. The minimum absolute atomic E-state index is 0.249. The summed E-state index contributed by atoms with van der Waals surface area (Å²) in [4.78, 5) is 6.81. The molecule has 0 spiro atoms. The molecule has 0 saturated carbocycles. The Labute approximate surface area is 119 Å². The Morgan fingerprint density at radius 1 is 1.40 bits per heavy atom.